The molecular formula is C19H22N4OS2. The van der Waals surface area contributed by atoms with Crippen LogP contribution in [-0.4, -0.2) is 32.5 Å². The van der Waals surface area contributed by atoms with Crippen molar-refractivity contribution >= 4 is 29.0 Å². The Morgan fingerprint density at radius 3 is 2.77 bits per heavy atom. The van der Waals surface area contributed by atoms with Gasteiger partial charge in [-0.05, 0) is 36.8 Å². The van der Waals surface area contributed by atoms with Crippen LogP contribution in [0.4, 0.5) is 0 Å². The lowest BCUT2D eigenvalue weighted by molar-refractivity contribution is -0.119. The predicted molar refractivity (Wildman–Crippen MR) is 107 cm³/mol. The second kappa shape index (κ2) is 9.00. The van der Waals surface area contributed by atoms with Crippen molar-refractivity contribution in [2.45, 2.75) is 31.0 Å². The highest BCUT2D eigenvalue weighted by molar-refractivity contribution is 7.99. The monoisotopic (exact) mass is 386 g/mol. The third-order valence-corrected chi connectivity index (χ3v) is 5.91. The number of carbonyl (C=O) groups is 1. The number of hydrogen-bond donors (Lipinski definition) is 1. The number of carbonyl (C=O) groups excluding carboxylic acids is 1. The lowest BCUT2D eigenvalue weighted by Gasteiger charge is -2.13. The minimum Gasteiger partial charge on any atom is -0.353 e. The third kappa shape index (κ3) is 4.95. The molecule has 1 amide bonds. The van der Waals surface area contributed by atoms with E-state index >= 15 is 0 Å². The van der Waals surface area contributed by atoms with Gasteiger partial charge in [-0.3, -0.25) is 4.79 Å². The Morgan fingerprint density at radius 2 is 2.04 bits per heavy atom. The number of benzene rings is 1. The van der Waals surface area contributed by atoms with E-state index in [1.165, 1.54) is 17.3 Å². The molecule has 3 aromatic rings. The maximum Gasteiger partial charge on any atom is 0.230 e. The van der Waals surface area contributed by atoms with Crippen molar-refractivity contribution in [3.05, 3.63) is 53.4 Å². The molecule has 0 saturated carbocycles. The van der Waals surface area contributed by atoms with E-state index in [-0.39, 0.29) is 11.9 Å². The van der Waals surface area contributed by atoms with Crippen molar-refractivity contribution in [3.63, 3.8) is 0 Å². The minimum absolute atomic E-state index is 0.0243. The van der Waals surface area contributed by atoms with Gasteiger partial charge >= 0.3 is 0 Å². The van der Waals surface area contributed by atoms with Crippen LogP contribution in [-0.2, 0) is 18.3 Å². The number of nitrogens with zero attached hydrogens (tertiary/aromatic N) is 3. The quantitative estimate of drug-likeness (QED) is 0.599. The number of amides is 1. The molecule has 0 radical (unpaired) electrons. The van der Waals surface area contributed by atoms with Gasteiger partial charge in [0.15, 0.2) is 11.0 Å². The van der Waals surface area contributed by atoms with Gasteiger partial charge in [0.05, 0.1) is 10.6 Å². The molecule has 0 aliphatic carbocycles. The number of rotatable bonds is 8. The SMILES string of the molecule is CC(CCc1ccccc1)NC(=O)CSc1nnc(-c2cccs2)n1C. The molecule has 3 rings (SSSR count). The van der Waals surface area contributed by atoms with Crippen molar-refractivity contribution in [1.82, 2.24) is 20.1 Å². The Balaban J connectivity index is 1.45. The molecule has 0 aliphatic heterocycles. The fourth-order valence-electron chi connectivity index (χ4n) is 2.61. The predicted octanol–water partition coefficient (Wildman–Crippen LogP) is 3.77. The molecule has 0 aliphatic rings. The van der Waals surface area contributed by atoms with Crippen molar-refractivity contribution in [2.24, 2.45) is 7.05 Å². The van der Waals surface area contributed by atoms with E-state index in [1.54, 1.807) is 11.3 Å². The largest absolute Gasteiger partial charge is 0.353 e. The first kappa shape index (κ1) is 18.7. The standard InChI is InChI=1S/C19H22N4OS2/c1-14(10-11-15-7-4-3-5-8-15)20-17(24)13-26-19-22-21-18(23(19)2)16-9-6-12-25-16/h3-9,12,14H,10-11,13H2,1-2H3,(H,20,24). The Morgan fingerprint density at radius 1 is 1.23 bits per heavy atom. The molecular weight excluding hydrogens is 364 g/mol. The Bertz CT molecular complexity index is 831. The first-order valence-electron chi connectivity index (χ1n) is 8.53. The maximum atomic E-state index is 12.2. The zero-order valence-electron chi connectivity index (χ0n) is 14.9. The molecule has 2 aromatic heterocycles. The van der Waals surface area contributed by atoms with Gasteiger partial charge in [0, 0.05) is 13.1 Å². The van der Waals surface area contributed by atoms with E-state index in [9.17, 15) is 4.79 Å². The molecule has 0 saturated heterocycles. The van der Waals surface area contributed by atoms with Gasteiger partial charge in [0.1, 0.15) is 0 Å². The van der Waals surface area contributed by atoms with Crippen molar-refractivity contribution in [2.75, 3.05) is 5.75 Å². The van der Waals surface area contributed by atoms with Gasteiger partial charge in [0.2, 0.25) is 5.91 Å². The fourth-order valence-corrected chi connectivity index (χ4v) is 4.07. The van der Waals surface area contributed by atoms with Crippen LogP contribution in [0.2, 0.25) is 0 Å². The van der Waals surface area contributed by atoms with Gasteiger partial charge in [-0.25, -0.2) is 0 Å². The van der Waals surface area contributed by atoms with Gasteiger partial charge < -0.3 is 9.88 Å². The van der Waals surface area contributed by atoms with Gasteiger partial charge in [-0.1, -0.05) is 48.2 Å². The molecule has 1 N–H and O–H groups in total. The molecule has 136 valence electrons. The summed E-state index contributed by atoms with van der Waals surface area (Å²) < 4.78 is 1.93. The lowest BCUT2D eigenvalue weighted by atomic mass is 10.1. The fraction of sp³-hybridized carbons (Fsp3) is 0.316. The highest BCUT2D eigenvalue weighted by Gasteiger charge is 2.14. The molecule has 1 aromatic carbocycles. The Kier molecular flexibility index (Phi) is 6.46. The van der Waals surface area contributed by atoms with E-state index in [2.05, 4.69) is 27.6 Å². The zero-order valence-corrected chi connectivity index (χ0v) is 16.5. The van der Waals surface area contributed by atoms with Crippen LogP contribution in [0.3, 0.4) is 0 Å². The lowest BCUT2D eigenvalue weighted by Crippen LogP contribution is -2.34. The Hall–Kier alpha value is -2.12. The van der Waals surface area contributed by atoms with Crippen LogP contribution in [0.25, 0.3) is 10.7 Å². The summed E-state index contributed by atoms with van der Waals surface area (Å²) in [7, 11) is 1.93. The van der Waals surface area contributed by atoms with Crippen LogP contribution in [0.15, 0.2) is 53.0 Å². The minimum atomic E-state index is 0.0243. The van der Waals surface area contributed by atoms with E-state index in [0.717, 1.165) is 28.7 Å². The number of thiophene rings is 1. The second-order valence-electron chi connectivity index (χ2n) is 6.12. The molecule has 1 unspecified atom stereocenters. The highest BCUT2D eigenvalue weighted by atomic mass is 32.2. The normalized spacial score (nSPS) is 12.1. The van der Waals surface area contributed by atoms with E-state index < -0.39 is 0 Å². The van der Waals surface area contributed by atoms with Crippen LogP contribution in [0.1, 0.15) is 18.9 Å². The summed E-state index contributed by atoms with van der Waals surface area (Å²) in [5.41, 5.74) is 1.29. The molecule has 0 spiro atoms. The first-order chi connectivity index (χ1) is 12.6. The van der Waals surface area contributed by atoms with Crippen molar-refractivity contribution < 1.29 is 4.79 Å². The number of aryl methyl sites for hydroxylation is 1. The van der Waals surface area contributed by atoms with Crippen molar-refractivity contribution in [1.29, 1.82) is 0 Å². The summed E-state index contributed by atoms with van der Waals surface area (Å²) in [6, 6.07) is 14.5. The summed E-state index contributed by atoms with van der Waals surface area (Å²) in [5, 5.41) is 14.3. The summed E-state index contributed by atoms with van der Waals surface area (Å²) in [6.45, 7) is 2.04. The first-order valence-corrected chi connectivity index (χ1v) is 10.4. The van der Waals surface area contributed by atoms with Gasteiger partial charge in [0.25, 0.3) is 0 Å². The second-order valence-corrected chi connectivity index (χ2v) is 8.01. The molecule has 2 heterocycles. The van der Waals surface area contributed by atoms with Crippen LogP contribution in [0.5, 0.6) is 0 Å². The van der Waals surface area contributed by atoms with Crippen LogP contribution >= 0.6 is 23.1 Å². The average Bonchev–Trinajstić information content (AvgIpc) is 3.29. The van der Waals surface area contributed by atoms with E-state index in [4.69, 9.17) is 0 Å². The molecule has 26 heavy (non-hydrogen) atoms. The molecule has 0 fully saturated rings. The smallest absolute Gasteiger partial charge is 0.230 e. The average molecular weight is 387 g/mol. The zero-order chi connectivity index (χ0) is 18.4. The summed E-state index contributed by atoms with van der Waals surface area (Å²) in [6.07, 6.45) is 1.88. The summed E-state index contributed by atoms with van der Waals surface area (Å²) >= 11 is 3.04. The van der Waals surface area contributed by atoms with E-state index in [0.29, 0.717) is 5.75 Å². The molecule has 5 nitrogen and oxygen atoms in total. The molecule has 7 heteroatoms. The number of aromatic nitrogens is 3. The molecule has 1 atom stereocenters. The van der Waals surface area contributed by atoms with Crippen LogP contribution < -0.4 is 5.32 Å². The number of thioether (sulfide) groups is 1. The number of nitrogens with one attached hydrogen (secondary N) is 1. The van der Waals surface area contributed by atoms with Gasteiger partial charge in [-0.15, -0.1) is 21.5 Å². The van der Waals surface area contributed by atoms with E-state index in [1.807, 2.05) is 54.3 Å². The topological polar surface area (TPSA) is 59.8 Å². The van der Waals surface area contributed by atoms with Gasteiger partial charge in [-0.2, -0.15) is 0 Å². The molecule has 0 bridgehead atoms. The Labute approximate surface area is 161 Å². The number of hydrogen-bond acceptors (Lipinski definition) is 5. The maximum absolute atomic E-state index is 12.2. The summed E-state index contributed by atoms with van der Waals surface area (Å²) in [5.74, 6) is 1.20. The van der Waals surface area contributed by atoms with Crippen LogP contribution in [0, 0.1) is 0 Å². The highest BCUT2D eigenvalue weighted by Crippen LogP contribution is 2.25. The third-order valence-electron chi connectivity index (χ3n) is 4.03. The summed E-state index contributed by atoms with van der Waals surface area (Å²) in [4.78, 5) is 13.3. The van der Waals surface area contributed by atoms with Crippen molar-refractivity contribution in [3.8, 4) is 10.7 Å².